The third-order valence-electron chi connectivity index (χ3n) is 3.55. The van der Waals surface area contributed by atoms with E-state index in [-0.39, 0.29) is 5.91 Å². The summed E-state index contributed by atoms with van der Waals surface area (Å²) in [4.78, 5) is 13.7. The predicted octanol–water partition coefficient (Wildman–Crippen LogP) is 3.32. The highest BCUT2D eigenvalue weighted by molar-refractivity contribution is 5.99. The third kappa shape index (κ3) is 5.94. The van der Waals surface area contributed by atoms with Crippen LogP contribution in [0.15, 0.2) is 30.9 Å². The minimum absolute atomic E-state index is 0.259. The molecule has 0 aromatic heterocycles. The first kappa shape index (κ1) is 19.0. The highest BCUT2D eigenvalue weighted by Crippen LogP contribution is 2.30. The van der Waals surface area contributed by atoms with Crippen LogP contribution >= 0.6 is 0 Å². The van der Waals surface area contributed by atoms with Crippen molar-refractivity contribution in [2.45, 2.75) is 39.8 Å². The lowest BCUT2D eigenvalue weighted by atomic mass is 10.2. The van der Waals surface area contributed by atoms with E-state index in [2.05, 4.69) is 44.5 Å². The number of rotatable bonds is 9. The van der Waals surface area contributed by atoms with E-state index >= 15 is 0 Å². The average Bonchev–Trinajstić information content (AvgIpc) is 2.51. The van der Waals surface area contributed by atoms with Crippen LogP contribution in [0.25, 0.3) is 0 Å². The average molecular weight is 320 g/mol. The summed E-state index contributed by atoms with van der Waals surface area (Å²) in [7, 11) is 1.58. The molecule has 0 saturated heterocycles. The SMILES string of the molecule is C=CC(=O)Nc1ccc(OCCN(C(C)C)C(C)C)c(OC)c1. The molecule has 128 valence electrons. The molecular formula is C18H28N2O3. The number of ether oxygens (including phenoxy) is 2. The van der Waals surface area contributed by atoms with Crippen molar-refractivity contribution in [2.24, 2.45) is 0 Å². The minimum atomic E-state index is -0.259. The highest BCUT2D eigenvalue weighted by Gasteiger charge is 2.14. The van der Waals surface area contributed by atoms with Gasteiger partial charge in [0, 0.05) is 30.4 Å². The van der Waals surface area contributed by atoms with Gasteiger partial charge < -0.3 is 14.8 Å². The van der Waals surface area contributed by atoms with E-state index in [0.29, 0.717) is 35.9 Å². The zero-order chi connectivity index (χ0) is 17.4. The van der Waals surface area contributed by atoms with Crippen LogP contribution in [0.5, 0.6) is 11.5 Å². The normalized spacial score (nSPS) is 11.0. The molecule has 1 N–H and O–H groups in total. The summed E-state index contributed by atoms with van der Waals surface area (Å²) in [6.45, 7) is 13.6. The first-order valence-electron chi connectivity index (χ1n) is 7.89. The lowest BCUT2D eigenvalue weighted by Gasteiger charge is -2.30. The van der Waals surface area contributed by atoms with Gasteiger partial charge in [0.05, 0.1) is 7.11 Å². The van der Waals surface area contributed by atoms with Gasteiger partial charge in [-0.1, -0.05) is 6.58 Å². The Morgan fingerprint density at radius 1 is 1.26 bits per heavy atom. The third-order valence-corrected chi connectivity index (χ3v) is 3.55. The number of hydrogen-bond acceptors (Lipinski definition) is 4. The Morgan fingerprint density at radius 2 is 1.91 bits per heavy atom. The molecule has 1 aromatic rings. The molecule has 0 fully saturated rings. The number of nitrogens with one attached hydrogen (secondary N) is 1. The molecule has 0 bridgehead atoms. The van der Waals surface area contributed by atoms with Crippen molar-refractivity contribution in [2.75, 3.05) is 25.6 Å². The molecule has 0 spiro atoms. The topological polar surface area (TPSA) is 50.8 Å². The summed E-state index contributed by atoms with van der Waals surface area (Å²) in [6.07, 6.45) is 1.23. The quantitative estimate of drug-likeness (QED) is 0.709. The monoisotopic (exact) mass is 320 g/mol. The molecule has 0 atom stereocenters. The summed E-state index contributed by atoms with van der Waals surface area (Å²) in [5.74, 6) is 0.995. The number of amides is 1. The smallest absolute Gasteiger partial charge is 0.247 e. The van der Waals surface area contributed by atoms with Gasteiger partial charge in [-0.05, 0) is 45.9 Å². The molecular weight excluding hydrogens is 292 g/mol. The van der Waals surface area contributed by atoms with Crippen molar-refractivity contribution in [3.05, 3.63) is 30.9 Å². The Balaban J connectivity index is 2.69. The summed E-state index contributed by atoms with van der Waals surface area (Å²) >= 11 is 0. The predicted molar refractivity (Wildman–Crippen MR) is 94.3 cm³/mol. The lowest BCUT2D eigenvalue weighted by Crippen LogP contribution is -2.39. The molecule has 0 aliphatic heterocycles. The standard InChI is InChI=1S/C18H28N2O3/c1-7-18(21)19-15-8-9-16(17(12-15)22-6)23-11-10-20(13(2)3)14(4)5/h7-9,12-14H,1,10-11H2,2-6H3,(H,19,21). The summed E-state index contributed by atoms with van der Waals surface area (Å²) < 4.78 is 11.2. The zero-order valence-corrected chi connectivity index (χ0v) is 14.8. The summed E-state index contributed by atoms with van der Waals surface area (Å²) in [6, 6.07) is 6.25. The van der Waals surface area contributed by atoms with Crippen molar-refractivity contribution in [1.82, 2.24) is 4.90 Å². The van der Waals surface area contributed by atoms with E-state index in [1.807, 2.05) is 0 Å². The molecule has 0 unspecified atom stereocenters. The van der Waals surface area contributed by atoms with E-state index < -0.39 is 0 Å². The van der Waals surface area contributed by atoms with E-state index in [1.165, 1.54) is 6.08 Å². The second-order valence-electron chi connectivity index (χ2n) is 5.83. The van der Waals surface area contributed by atoms with Gasteiger partial charge in [0.1, 0.15) is 6.61 Å². The maximum atomic E-state index is 11.3. The lowest BCUT2D eigenvalue weighted by molar-refractivity contribution is -0.111. The first-order valence-corrected chi connectivity index (χ1v) is 7.89. The van der Waals surface area contributed by atoms with Crippen molar-refractivity contribution >= 4 is 11.6 Å². The van der Waals surface area contributed by atoms with Gasteiger partial charge in [0.2, 0.25) is 5.91 Å². The van der Waals surface area contributed by atoms with Gasteiger partial charge in [-0.3, -0.25) is 9.69 Å². The minimum Gasteiger partial charge on any atom is -0.493 e. The second-order valence-corrected chi connectivity index (χ2v) is 5.83. The second kappa shape index (κ2) is 9.20. The van der Waals surface area contributed by atoms with E-state index in [1.54, 1.807) is 25.3 Å². The van der Waals surface area contributed by atoms with Crippen LogP contribution in [-0.2, 0) is 4.79 Å². The van der Waals surface area contributed by atoms with Crippen molar-refractivity contribution < 1.29 is 14.3 Å². The van der Waals surface area contributed by atoms with Crippen LogP contribution in [0, 0.1) is 0 Å². The van der Waals surface area contributed by atoms with Crippen molar-refractivity contribution in [1.29, 1.82) is 0 Å². The number of anilines is 1. The number of carbonyl (C=O) groups is 1. The Kier molecular flexibility index (Phi) is 7.62. The van der Waals surface area contributed by atoms with E-state index in [4.69, 9.17) is 9.47 Å². The molecule has 1 amide bonds. The van der Waals surface area contributed by atoms with Gasteiger partial charge in [-0.25, -0.2) is 0 Å². The fraction of sp³-hybridized carbons (Fsp3) is 0.500. The van der Waals surface area contributed by atoms with Crippen molar-refractivity contribution in [3.8, 4) is 11.5 Å². The van der Waals surface area contributed by atoms with E-state index in [9.17, 15) is 4.79 Å². The molecule has 5 nitrogen and oxygen atoms in total. The van der Waals surface area contributed by atoms with Gasteiger partial charge >= 0.3 is 0 Å². The van der Waals surface area contributed by atoms with Crippen LogP contribution < -0.4 is 14.8 Å². The van der Waals surface area contributed by atoms with Crippen LogP contribution in [0.1, 0.15) is 27.7 Å². The number of hydrogen-bond donors (Lipinski definition) is 1. The molecule has 1 aromatic carbocycles. The van der Waals surface area contributed by atoms with Gasteiger partial charge in [0.15, 0.2) is 11.5 Å². The molecule has 23 heavy (non-hydrogen) atoms. The Hall–Kier alpha value is -2.01. The largest absolute Gasteiger partial charge is 0.493 e. The molecule has 0 aliphatic carbocycles. The number of nitrogens with zero attached hydrogens (tertiary/aromatic N) is 1. The molecule has 0 aliphatic rings. The van der Waals surface area contributed by atoms with E-state index in [0.717, 1.165) is 6.54 Å². The Bertz CT molecular complexity index is 519. The van der Waals surface area contributed by atoms with Gasteiger partial charge in [-0.2, -0.15) is 0 Å². The molecule has 1 rings (SSSR count). The maximum absolute atomic E-state index is 11.3. The molecule has 5 heteroatoms. The first-order chi connectivity index (χ1) is 10.9. The van der Waals surface area contributed by atoms with Crippen LogP contribution in [-0.4, -0.2) is 43.2 Å². The maximum Gasteiger partial charge on any atom is 0.247 e. The number of carbonyl (C=O) groups excluding carboxylic acids is 1. The van der Waals surface area contributed by atoms with Crippen LogP contribution in [0.2, 0.25) is 0 Å². The molecule has 0 radical (unpaired) electrons. The van der Waals surface area contributed by atoms with Gasteiger partial charge in [0.25, 0.3) is 0 Å². The number of methoxy groups -OCH3 is 1. The Labute approximate surface area is 139 Å². The molecule has 0 saturated carbocycles. The van der Waals surface area contributed by atoms with Crippen LogP contribution in [0.3, 0.4) is 0 Å². The summed E-state index contributed by atoms with van der Waals surface area (Å²) in [5.41, 5.74) is 0.644. The fourth-order valence-electron chi connectivity index (χ4n) is 2.43. The van der Waals surface area contributed by atoms with Crippen molar-refractivity contribution in [3.63, 3.8) is 0 Å². The Morgan fingerprint density at radius 3 is 2.43 bits per heavy atom. The zero-order valence-electron chi connectivity index (χ0n) is 14.8. The fourth-order valence-corrected chi connectivity index (χ4v) is 2.43. The van der Waals surface area contributed by atoms with Gasteiger partial charge in [-0.15, -0.1) is 0 Å². The number of benzene rings is 1. The highest BCUT2D eigenvalue weighted by atomic mass is 16.5. The molecule has 0 heterocycles. The summed E-state index contributed by atoms with van der Waals surface area (Å²) in [5, 5.41) is 2.70. The van der Waals surface area contributed by atoms with Crippen LogP contribution in [0.4, 0.5) is 5.69 Å².